The SMILES string of the molecule is C.C.C#Cc1cccc(Nc2ncnc3cc(OCCOC)c(OCCOC)cc23)c1.C#Cc1cnc2ccccc2c1NC(C)(C)C.CC(C)(C)Nc1ccnc2ccccc12.CC(C)(C)c1ccnc2ccccc12.CCOc1cc2ncc(C#N)c(Nc3ccc(F)c(Cl)c3)c2cc1CC(=O)/C=C/CN(C)C.Cn1c(=O)n(-c2ccc(C(C)(C)C#N)cc2)c2c3cc(-c4cnc5ccccc5c4)ccc3ncc21. The number of ketones is 1. The highest BCUT2D eigenvalue weighted by atomic mass is 35.5. The molecular formula is C120H125ClFN17O7. The first-order valence-corrected chi connectivity index (χ1v) is 47.3. The molecule has 0 aliphatic heterocycles. The van der Waals surface area contributed by atoms with Crippen LogP contribution in [0.3, 0.4) is 0 Å². The molecule has 0 saturated heterocycles. The number of aromatic nitrogens is 10. The Balaban J connectivity index is 0.000000172. The molecule has 0 atom stereocenters. The number of likely N-dealkylation sites (N-methyl/N-ethyl adjacent to an activating group) is 1. The number of hydrogen-bond donors (Lipinski definition) is 4. The fraction of sp³-hybridized carbons (Fsp3) is 0.250. The van der Waals surface area contributed by atoms with Crippen LogP contribution in [-0.2, 0) is 38.6 Å². The van der Waals surface area contributed by atoms with Crippen LogP contribution in [0.1, 0.15) is 131 Å². The minimum absolute atomic E-state index is 0. The largest absolute Gasteiger partial charge is 0.494 e. The summed E-state index contributed by atoms with van der Waals surface area (Å²) in [5.74, 6) is 7.09. The number of terminal acetylenes is 2. The highest BCUT2D eigenvalue weighted by molar-refractivity contribution is 6.31. The Bertz CT molecular complexity index is 7940. The summed E-state index contributed by atoms with van der Waals surface area (Å²) in [4.78, 5) is 63.4. The fourth-order valence-corrected chi connectivity index (χ4v) is 16.0. The molecule has 18 rings (SSSR count). The van der Waals surface area contributed by atoms with E-state index in [1.807, 2.05) is 210 Å². The van der Waals surface area contributed by atoms with Crippen molar-refractivity contribution in [2.24, 2.45) is 7.05 Å². The van der Waals surface area contributed by atoms with Gasteiger partial charge in [-0.2, -0.15) is 10.5 Å². The summed E-state index contributed by atoms with van der Waals surface area (Å²) >= 11 is 5.92. The Morgan fingerprint density at radius 1 is 0.527 bits per heavy atom. The number of para-hydroxylation sites is 4. The standard InChI is InChI=1S/C30H23N5O.C25H24ClFN4O2.C22H23N3O4.C15H16N2.C13H16N2.C13H15N.2CH4/c1-30(2,18-31)22-9-11-23(12-10-22)35-28-24-15-19(21-14-20-6-4-5-7-25(20)32-16-21)8-13-26(24)33-17-27(28)34(3)29(35)36;1-4-33-24-13-23-20(11-16(24)10-19(32)6-5-9-31(2)3)25(17(14-28)15-29-23)30-18-7-8-22(27)21(26)12-18;1-4-16-6-5-7-17(12-16)25-22-18-13-20(28-10-8-26-2)21(29-11-9-27-3)14-19(18)23-15-24-22;1-5-11-10-16-13-9-7-6-8-12(13)14(11)17-15(2,3)4;1-13(2,3)15-12-8-9-14-11-7-5-4-6-10(11)12;1-13(2,3)11-8-9-14-12-7-5-4-6-10(11)12;;/h4-17H,1-3H3;5-8,11-13,15H,4,9-10H2,1-3H3,(H,29,30);1,5-7,12-15H,8-11H2,2-3H3,(H,23,24,25);1,6-10H,2-4H3,(H,16,17);4-9H,1-3H3,(H,14,15);4-9H,1-3H3;2*1H4/b;6-5+;;;;;;. The maximum atomic E-state index is 13.6. The van der Waals surface area contributed by atoms with Crippen LogP contribution in [0.15, 0.2) is 285 Å². The Kier molecular flexibility index (Phi) is 37.6. The van der Waals surface area contributed by atoms with E-state index in [0.717, 1.165) is 116 Å². The molecule has 8 heterocycles. The average Bonchev–Trinajstić information content (AvgIpc) is 1.64. The molecule has 10 aromatic carbocycles. The number of fused-ring (bicyclic) bond motifs is 9. The number of benzene rings is 10. The highest BCUT2D eigenvalue weighted by Crippen LogP contribution is 2.40. The molecule has 0 spiro atoms. The molecule has 0 aliphatic carbocycles. The van der Waals surface area contributed by atoms with Crippen molar-refractivity contribution in [3.63, 3.8) is 0 Å². The topological polar surface area (TPSA) is 292 Å². The number of anilines is 6. The number of allylic oxidation sites excluding steroid dienone is 1. The number of ether oxygens (including phenoxy) is 5. The van der Waals surface area contributed by atoms with Gasteiger partial charge in [0.2, 0.25) is 0 Å². The first kappa shape index (κ1) is 110. The molecule has 26 heteroatoms. The van der Waals surface area contributed by atoms with Crippen LogP contribution in [0.4, 0.5) is 38.6 Å². The average molecular weight is 1970 g/mol. The minimum atomic E-state index is -0.609. The fourth-order valence-electron chi connectivity index (χ4n) is 15.8. The Morgan fingerprint density at radius 3 is 1.77 bits per heavy atom. The molecule has 0 saturated carbocycles. The number of pyridine rings is 6. The summed E-state index contributed by atoms with van der Waals surface area (Å²) in [6.07, 6.45) is 26.6. The third kappa shape index (κ3) is 28.1. The molecule has 0 aliphatic rings. The number of imidazole rings is 1. The first-order chi connectivity index (χ1) is 69.1. The van der Waals surface area contributed by atoms with Crippen molar-refractivity contribution in [2.75, 3.05) is 89.2 Å². The van der Waals surface area contributed by atoms with Crippen molar-refractivity contribution < 1.29 is 32.9 Å². The molecule has 4 N–H and O–H groups in total. The summed E-state index contributed by atoms with van der Waals surface area (Å²) in [5, 5.41) is 39.4. The Hall–Kier alpha value is -16.5. The number of halogens is 2. The second-order valence-electron chi connectivity index (χ2n) is 37.8. The molecule has 0 radical (unpaired) electrons. The lowest BCUT2D eigenvalue weighted by atomic mass is 9.85. The first-order valence-electron chi connectivity index (χ1n) is 47.0. The maximum absolute atomic E-state index is 13.6. The van der Waals surface area contributed by atoms with E-state index in [-0.39, 0.29) is 54.3 Å². The van der Waals surface area contributed by atoms with Gasteiger partial charge in [0, 0.05) is 160 Å². The summed E-state index contributed by atoms with van der Waals surface area (Å²) < 4.78 is 44.5. The van der Waals surface area contributed by atoms with Gasteiger partial charge in [-0.3, -0.25) is 43.8 Å². The quantitative estimate of drug-likeness (QED) is 0.0248. The van der Waals surface area contributed by atoms with Crippen molar-refractivity contribution in [1.29, 1.82) is 10.5 Å². The number of hydrogen-bond acceptors (Lipinski definition) is 22. The van der Waals surface area contributed by atoms with E-state index < -0.39 is 11.2 Å². The lowest BCUT2D eigenvalue weighted by molar-refractivity contribution is -0.114. The van der Waals surface area contributed by atoms with Gasteiger partial charge in [-0.1, -0.05) is 162 Å². The van der Waals surface area contributed by atoms with Gasteiger partial charge in [-0.25, -0.2) is 19.2 Å². The molecule has 746 valence electrons. The molecule has 8 aromatic heterocycles. The molecule has 24 nitrogen and oxygen atoms in total. The number of carbonyl (C=O) groups excluding carboxylic acids is 1. The summed E-state index contributed by atoms with van der Waals surface area (Å²) in [7, 11) is 8.86. The molecule has 146 heavy (non-hydrogen) atoms. The van der Waals surface area contributed by atoms with Gasteiger partial charge in [-0.05, 0) is 220 Å². The van der Waals surface area contributed by atoms with E-state index in [9.17, 15) is 24.5 Å². The van der Waals surface area contributed by atoms with Gasteiger partial charge < -0.3 is 49.9 Å². The molecule has 0 amide bonds. The zero-order valence-corrected chi connectivity index (χ0v) is 84.8. The smallest absolute Gasteiger partial charge is 0.333 e. The van der Waals surface area contributed by atoms with Gasteiger partial charge in [0.25, 0.3) is 0 Å². The van der Waals surface area contributed by atoms with Crippen molar-refractivity contribution >= 4 is 139 Å². The van der Waals surface area contributed by atoms with Gasteiger partial charge in [0.05, 0.1) is 120 Å². The van der Waals surface area contributed by atoms with E-state index in [1.165, 1.54) is 47.1 Å². The van der Waals surface area contributed by atoms with Gasteiger partial charge in [0.1, 0.15) is 43.0 Å². The Labute approximate surface area is 859 Å². The number of rotatable bonds is 24. The lowest BCUT2D eigenvalue weighted by Gasteiger charge is -2.24. The van der Waals surface area contributed by atoms with Crippen LogP contribution >= 0.6 is 11.6 Å². The molecule has 0 fully saturated rings. The Morgan fingerprint density at radius 2 is 1.12 bits per heavy atom. The monoisotopic (exact) mass is 1970 g/mol. The van der Waals surface area contributed by atoms with Crippen molar-refractivity contribution in [2.45, 2.75) is 126 Å². The minimum Gasteiger partial charge on any atom is -0.494 e. The molecule has 0 bridgehead atoms. The number of aryl methyl sites for hydroxylation is 1. The van der Waals surface area contributed by atoms with Crippen molar-refractivity contribution in [3.05, 3.63) is 335 Å². The van der Waals surface area contributed by atoms with E-state index in [2.05, 4.69) is 196 Å². The number of methoxy groups -OCH3 is 2. The zero-order chi connectivity index (χ0) is 103. The van der Waals surface area contributed by atoms with Crippen molar-refractivity contribution in [3.8, 4) is 70.9 Å². The van der Waals surface area contributed by atoms with E-state index in [1.54, 1.807) is 61.0 Å². The third-order valence-electron chi connectivity index (χ3n) is 22.9. The maximum Gasteiger partial charge on any atom is 0.333 e. The predicted molar refractivity (Wildman–Crippen MR) is 596 cm³/mol. The van der Waals surface area contributed by atoms with Gasteiger partial charge >= 0.3 is 5.69 Å². The van der Waals surface area contributed by atoms with Crippen molar-refractivity contribution in [1.82, 2.24) is 53.9 Å². The second kappa shape index (κ2) is 49.9. The van der Waals surface area contributed by atoms with E-state index in [4.69, 9.17) is 48.1 Å². The van der Waals surface area contributed by atoms with Crippen LogP contribution < -0.4 is 41.2 Å². The predicted octanol–water partition coefficient (Wildman–Crippen LogP) is 26.2. The van der Waals surface area contributed by atoms with Crippen LogP contribution in [0.2, 0.25) is 5.02 Å². The normalized spacial score (nSPS) is 11.2. The van der Waals surface area contributed by atoms with Crippen LogP contribution in [-0.4, -0.2) is 139 Å². The lowest BCUT2D eigenvalue weighted by Crippen LogP contribution is -2.26. The van der Waals surface area contributed by atoms with Gasteiger partial charge in [0.15, 0.2) is 17.3 Å². The molecular weight excluding hydrogens is 1850 g/mol. The van der Waals surface area contributed by atoms with Crippen LogP contribution in [0.5, 0.6) is 17.2 Å². The third-order valence-corrected chi connectivity index (χ3v) is 23.2. The summed E-state index contributed by atoms with van der Waals surface area (Å²) in [6.45, 7) is 27.9. The number of nitriles is 2. The number of carbonyl (C=O) groups is 1. The van der Waals surface area contributed by atoms with Crippen LogP contribution in [0.25, 0.3) is 104 Å². The van der Waals surface area contributed by atoms with E-state index in [0.29, 0.717) is 96.1 Å². The number of nitrogens with one attached hydrogen (secondary N) is 4. The number of nitrogens with zero attached hydrogens (tertiary/aromatic N) is 13. The van der Waals surface area contributed by atoms with E-state index >= 15 is 0 Å². The molecule has 18 aromatic rings. The summed E-state index contributed by atoms with van der Waals surface area (Å²) in [6, 6.07) is 76.0. The summed E-state index contributed by atoms with van der Waals surface area (Å²) in [5.41, 5.74) is 18.7. The highest BCUT2D eigenvalue weighted by Gasteiger charge is 2.25. The zero-order valence-electron chi connectivity index (χ0n) is 84.1. The second-order valence-corrected chi connectivity index (χ2v) is 38.2. The van der Waals surface area contributed by atoms with Gasteiger partial charge in [-0.15, -0.1) is 12.8 Å². The molecule has 0 unspecified atom stereocenters. The van der Waals surface area contributed by atoms with Crippen LogP contribution in [0, 0.1) is 53.2 Å².